The van der Waals surface area contributed by atoms with E-state index in [9.17, 15) is 9.90 Å². The van der Waals surface area contributed by atoms with Gasteiger partial charge in [0.05, 0.1) is 17.5 Å². The van der Waals surface area contributed by atoms with Gasteiger partial charge in [0.25, 0.3) is 5.91 Å². The van der Waals surface area contributed by atoms with Gasteiger partial charge in [0.1, 0.15) is 5.56 Å². The van der Waals surface area contributed by atoms with Gasteiger partial charge in [0.15, 0.2) is 5.65 Å². The maximum absolute atomic E-state index is 12.4. The summed E-state index contributed by atoms with van der Waals surface area (Å²) in [5, 5.41) is 17.0. The molecule has 3 aromatic rings. The summed E-state index contributed by atoms with van der Waals surface area (Å²) >= 11 is 0. The number of carbonyl (C=O) groups is 1. The molecule has 24 heavy (non-hydrogen) atoms. The third-order valence-corrected chi connectivity index (χ3v) is 3.99. The number of rotatable bonds is 5. The van der Waals surface area contributed by atoms with Gasteiger partial charge in [-0.3, -0.25) is 9.78 Å². The number of aliphatic hydroxyl groups is 1. The summed E-state index contributed by atoms with van der Waals surface area (Å²) in [6.45, 7) is 3.72. The van der Waals surface area contributed by atoms with Crippen LogP contribution in [-0.4, -0.2) is 42.7 Å². The summed E-state index contributed by atoms with van der Waals surface area (Å²) in [4.78, 5) is 20.8. The number of aromatic nitrogens is 4. The van der Waals surface area contributed by atoms with Crippen LogP contribution in [0.3, 0.4) is 0 Å². The summed E-state index contributed by atoms with van der Waals surface area (Å²) in [6.07, 6.45) is 7.10. The van der Waals surface area contributed by atoms with E-state index in [0.717, 1.165) is 11.3 Å². The maximum Gasteiger partial charge on any atom is 0.256 e. The second-order valence-corrected chi connectivity index (χ2v) is 5.90. The zero-order valence-electron chi connectivity index (χ0n) is 13.6. The number of fused-ring (bicyclic) bond motifs is 1. The van der Waals surface area contributed by atoms with E-state index < -0.39 is 5.60 Å². The zero-order chi connectivity index (χ0) is 17.2. The molecule has 3 aromatic heterocycles. The number of amides is 1. The number of nitrogens with zero attached hydrogens (tertiary/aromatic N) is 4. The Balaban J connectivity index is 1.93. The molecule has 0 aliphatic heterocycles. The van der Waals surface area contributed by atoms with Crippen LogP contribution in [0, 0.1) is 0 Å². The van der Waals surface area contributed by atoms with Crippen LogP contribution in [0.2, 0.25) is 0 Å². The van der Waals surface area contributed by atoms with E-state index in [1.165, 1.54) is 6.20 Å². The van der Waals surface area contributed by atoms with Gasteiger partial charge in [-0.2, -0.15) is 5.10 Å². The first kappa shape index (κ1) is 16.1. The minimum atomic E-state index is -0.938. The monoisotopic (exact) mass is 325 g/mol. The van der Waals surface area contributed by atoms with Crippen molar-refractivity contribution in [3.05, 3.63) is 48.5 Å². The third-order valence-electron chi connectivity index (χ3n) is 3.99. The molecular formula is C17H19N5O2. The minimum Gasteiger partial charge on any atom is -0.388 e. The van der Waals surface area contributed by atoms with E-state index in [4.69, 9.17) is 0 Å². The zero-order valence-corrected chi connectivity index (χ0v) is 13.6. The van der Waals surface area contributed by atoms with Crippen molar-refractivity contribution < 1.29 is 9.90 Å². The van der Waals surface area contributed by atoms with Gasteiger partial charge in [-0.1, -0.05) is 6.92 Å². The maximum atomic E-state index is 12.4. The number of pyridine rings is 1. The second kappa shape index (κ2) is 6.37. The standard InChI is InChI=1S/C17H19N5O2/c1-3-17(2,24)11-20-16(23)13-10-21-22-14(6-8-19-15(13)22)12-5-4-7-18-9-12/h4-10,24H,3,11H2,1-2H3,(H,20,23). The van der Waals surface area contributed by atoms with Crippen molar-refractivity contribution in [3.8, 4) is 11.3 Å². The van der Waals surface area contributed by atoms with Crippen molar-refractivity contribution in [3.63, 3.8) is 0 Å². The molecule has 3 heterocycles. The molecule has 124 valence electrons. The van der Waals surface area contributed by atoms with E-state index in [0.29, 0.717) is 17.6 Å². The number of carbonyl (C=O) groups excluding carboxylic acids is 1. The minimum absolute atomic E-state index is 0.169. The fourth-order valence-electron chi connectivity index (χ4n) is 2.28. The molecule has 0 saturated carbocycles. The van der Waals surface area contributed by atoms with Gasteiger partial charge in [-0.05, 0) is 31.5 Å². The average Bonchev–Trinajstić information content (AvgIpc) is 3.04. The van der Waals surface area contributed by atoms with Gasteiger partial charge >= 0.3 is 0 Å². The van der Waals surface area contributed by atoms with Gasteiger partial charge in [-0.15, -0.1) is 0 Å². The molecule has 1 amide bonds. The summed E-state index contributed by atoms with van der Waals surface area (Å²) in [5.41, 5.74) is 1.58. The van der Waals surface area contributed by atoms with Gasteiger partial charge in [0, 0.05) is 30.7 Å². The van der Waals surface area contributed by atoms with Crippen molar-refractivity contribution in [1.82, 2.24) is 24.9 Å². The van der Waals surface area contributed by atoms with E-state index >= 15 is 0 Å². The number of nitrogens with one attached hydrogen (secondary N) is 1. The largest absolute Gasteiger partial charge is 0.388 e. The molecule has 0 aliphatic carbocycles. The lowest BCUT2D eigenvalue weighted by atomic mass is 10.0. The third kappa shape index (κ3) is 3.11. The smallest absolute Gasteiger partial charge is 0.256 e. The van der Waals surface area contributed by atoms with Crippen molar-refractivity contribution >= 4 is 11.6 Å². The Morgan fingerprint density at radius 2 is 2.17 bits per heavy atom. The van der Waals surface area contributed by atoms with Crippen LogP contribution in [0.25, 0.3) is 16.9 Å². The van der Waals surface area contributed by atoms with Crippen LogP contribution in [0.4, 0.5) is 0 Å². The molecule has 0 fully saturated rings. The molecule has 0 saturated heterocycles. The number of hydrogen-bond acceptors (Lipinski definition) is 5. The fraction of sp³-hybridized carbons (Fsp3) is 0.294. The quantitative estimate of drug-likeness (QED) is 0.744. The highest BCUT2D eigenvalue weighted by molar-refractivity contribution is 5.99. The fourth-order valence-corrected chi connectivity index (χ4v) is 2.28. The molecule has 0 spiro atoms. The predicted molar refractivity (Wildman–Crippen MR) is 89.5 cm³/mol. The molecule has 1 unspecified atom stereocenters. The lowest BCUT2D eigenvalue weighted by Crippen LogP contribution is -2.40. The molecule has 0 radical (unpaired) electrons. The van der Waals surface area contributed by atoms with E-state index in [1.54, 1.807) is 30.0 Å². The molecule has 0 bridgehead atoms. The normalized spacial score (nSPS) is 13.6. The van der Waals surface area contributed by atoms with Crippen molar-refractivity contribution in [2.75, 3.05) is 6.54 Å². The Hall–Kier alpha value is -2.80. The molecule has 7 heteroatoms. The van der Waals surface area contributed by atoms with Crippen LogP contribution >= 0.6 is 0 Å². The molecule has 1 atom stereocenters. The van der Waals surface area contributed by atoms with Crippen LogP contribution in [0.5, 0.6) is 0 Å². The van der Waals surface area contributed by atoms with E-state index in [1.807, 2.05) is 25.1 Å². The Morgan fingerprint density at radius 1 is 1.33 bits per heavy atom. The lowest BCUT2D eigenvalue weighted by molar-refractivity contribution is 0.0518. The van der Waals surface area contributed by atoms with E-state index in [-0.39, 0.29) is 12.5 Å². The Kier molecular flexibility index (Phi) is 4.26. The van der Waals surface area contributed by atoms with Gasteiger partial charge < -0.3 is 10.4 Å². The van der Waals surface area contributed by atoms with Gasteiger partial charge in [0.2, 0.25) is 0 Å². The molecule has 3 rings (SSSR count). The van der Waals surface area contributed by atoms with Gasteiger partial charge in [-0.25, -0.2) is 9.50 Å². The SMILES string of the molecule is CCC(C)(O)CNC(=O)c1cnn2c(-c3cccnc3)ccnc12. The molecule has 0 aliphatic rings. The van der Waals surface area contributed by atoms with Crippen molar-refractivity contribution in [2.24, 2.45) is 0 Å². The second-order valence-electron chi connectivity index (χ2n) is 5.90. The first-order valence-corrected chi connectivity index (χ1v) is 7.75. The van der Waals surface area contributed by atoms with Crippen LogP contribution < -0.4 is 5.32 Å². The molecular weight excluding hydrogens is 306 g/mol. The summed E-state index contributed by atoms with van der Waals surface area (Å²) < 4.78 is 1.61. The predicted octanol–water partition coefficient (Wildman–Crippen LogP) is 1.68. The Bertz CT molecular complexity index is 858. The highest BCUT2D eigenvalue weighted by Crippen LogP contribution is 2.20. The van der Waals surface area contributed by atoms with Crippen molar-refractivity contribution in [2.45, 2.75) is 25.9 Å². The topological polar surface area (TPSA) is 92.4 Å². The Labute approximate surface area is 139 Å². The van der Waals surface area contributed by atoms with Crippen LogP contribution in [0.1, 0.15) is 30.6 Å². The highest BCUT2D eigenvalue weighted by atomic mass is 16.3. The average molecular weight is 325 g/mol. The first-order valence-electron chi connectivity index (χ1n) is 7.75. The molecule has 7 nitrogen and oxygen atoms in total. The van der Waals surface area contributed by atoms with Crippen molar-refractivity contribution in [1.29, 1.82) is 0 Å². The van der Waals surface area contributed by atoms with Crippen LogP contribution in [0.15, 0.2) is 43.0 Å². The van der Waals surface area contributed by atoms with Crippen LogP contribution in [-0.2, 0) is 0 Å². The summed E-state index contributed by atoms with van der Waals surface area (Å²) in [7, 11) is 0. The lowest BCUT2D eigenvalue weighted by Gasteiger charge is -2.21. The molecule has 2 N–H and O–H groups in total. The summed E-state index contributed by atoms with van der Waals surface area (Å²) in [6, 6.07) is 5.58. The highest BCUT2D eigenvalue weighted by Gasteiger charge is 2.21. The Morgan fingerprint density at radius 3 is 2.88 bits per heavy atom. The summed E-state index contributed by atoms with van der Waals surface area (Å²) in [5.74, 6) is -0.311. The number of hydrogen-bond donors (Lipinski definition) is 2. The first-order chi connectivity index (χ1) is 11.5. The van der Waals surface area contributed by atoms with E-state index in [2.05, 4.69) is 20.4 Å². The molecule has 0 aromatic carbocycles.